The summed E-state index contributed by atoms with van der Waals surface area (Å²) in [6.45, 7) is 1.97. The summed E-state index contributed by atoms with van der Waals surface area (Å²) in [7, 11) is -1.21. The van der Waals surface area contributed by atoms with Crippen molar-refractivity contribution < 1.29 is 9.00 Å². The molecule has 0 N–H and O–H groups in total. The number of Topliss-reactive ketones (excluding diaryl/α,β-unsaturated/α-hetero) is 1. The second-order valence-electron chi connectivity index (χ2n) is 4.64. The number of halogens is 1. The average molecular weight is 307 g/mol. The molecule has 0 bridgehead atoms. The molecule has 2 nitrogen and oxygen atoms in total. The number of benzene rings is 2. The summed E-state index contributed by atoms with van der Waals surface area (Å²) < 4.78 is 12.0. The molecule has 0 aliphatic carbocycles. The van der Waals surface area contributed by atoms with E-state index < -0.39 is 10.8 Å². The lowest BCUT2D eigenvalue weighted by molar-refractivity contribution is 0.102. The molecule has 4 heteroatoms. The quantitative estimate of drug-likeness (QED) is 0.788. The predicted molar refractivity (Wildman–Crippen MR) is 83.7 cm³/mol. The number of aryl methyl sites for hydroxylation is 1. The zero-order valence-electron chi connectivity index (χ0n) is 11.1. The van der Waals surface area contributed by atoms with Crippen LogP contribution in [0, 0.1) is 6.92 Å². The van der Waals surface area contributed by atoms with E-state index in [9.17, 15) is 9.00 Å². The van der Waals surface area contributed by atoms with Crippen LogP contribution in [0.2, 0.25) is 5.02 Å². The number of carbonyl (C=O) groups is 1. The maximum Gasteiger partial charge on any atom is 0.175 e. The van der Waals surface area contributed by atoms with Gasteiger partial charge in [0.05, 0.1) is 5.75 Å². The maximum absolute atomic E-state index is 12.0. The Kier molecular flexibility index (Phi) is 5.10. The van der Waals surface area contributed by atoms with Gasteiger partial charge in [0.15, 0.2) is 5.78 Å². The Bertz CT molecular complexity index is 618. The Morgan fingerprint density at radius 2 is 1.65 bits per heavy atom. The lowest BCUT2D eigenvalue weighted by Gasteiger charge is -2.03. The van der Waals surface area contributed by atoms with Gasteiger partial charge in [-0.1, -0.05) is 53.6 Å². The van der Waals surface area contributed by atoms with E-state index in [1.807, 2.05) is 31.2 Å². The lowest BCUT2D eigenvalue weighted by Crippen LogP contribution is -2.12. The molecule has 0 aromatic heterocycles. The Morgan fingerprint density at radius 1 is 1.05 bits per heavy atom. The minimum absolute atomic E-state index is 0.0473. The van der Waals surface area contributed by atoms with Crippen LogP contribution in [0.3, 0.4) is 0 Å². The van der Waals surface area contributed by atoms with E-state index in [2.05, 4.69) is 0 Å². The molecule has 0 radical (unpaired) electrons. The van der Waals surface area contributed by atoms with Gasteiger partial charge in [0.25, 0.3) is 0 Å². The topological polar surface area (TPSA) is 34.1 Å². The second-order valence-corrected chi connectivity index (χ2v) is 6.54. The molecule has 0 heterocycles. The molecule has 1 atom stereocenters. The van der Waals surface area contributed by atoms with Crippen molar-refractivity contribution in [1.82, 2.24) is 0 Å². The Labute approximate surface area is 126 Å². The van der Waals surface area contributed by atoms with Gasteiger partial charge in [-0.05, 0) is 24.6 Å². The van der Waals surface area contributed by atoms with Gasteiger partial charge >= 0.3 is 0 Å². The van der Waals surface area contributed by atoms with Crippen molar-refractivity contribution in [2.45, 2.75) is 12.7 Å². The van der Waals surface area contributed by atoms with Crippen LogP contribution >= 0.6 is 11.6 Å². The molecule has 2 rings (SSSR count). The first-order valence-corrected chi connectivity index (χ1v) is 8.10. The molecule has 2 aromatic rings. The van der Waals surface area contributed by atoms with Crippen molar-refractivity contribution in [3.05, 3.63) is 70.2 Å². The summed E-state index contributed by atoms with van der Waals surface area (Å²) in [5.74, 6) is 0.331. The zero-order valence-corrected chi connectivity index (χ0v) is 12.7. The van der Waals surface area contributed by atoms with E-state index in [-0.39, 0.29) is 11.5 Å². The summed E-state index contributed by atoms with van der Waals surface area (Å²) in [6, 6.07) is 14.5. The van der Waals surface area contributed by atoms with E-state index >= 15 is 0 Å². The van der Waals surface area contributed by atoms with Gasteiger partial charge in [-0.3, -0.25) is 9.00 Å². The fourth-order valence-corrected chi connectivity index (χ4v) is 3.04. The highest BCUT2D eigenvalue weighted by molar-refractivity contribution is 7.85. The van der Waals surface area contributed by atoms with E-state index in [4.69, 9.17) is 11.6 Å². The molecule has 1 unspecified atom stereocenters. The third kappa shape index (κ3) is 4.29. The van der Waals surface area contributed by atoms with E-state index in [0.717, 1.165) is 11.1 Å². The standard InChI is InChI=1S/C16H15ClO2S/c1-12-2-6-14(7-3-12)16(18)11-20(19)10-13-4-8-15(17)9-5-13/h2-9H,10-11H2,1H3. The SMILES string of the molecule is Cc1ccc(C(=O)CS(=O)Cc2ccc(Cl)cc2)cc1. The van der Waals surface area contributed by atoms with Gasteiger partial charge in [0.2, 0.25) is 0 Å². The number of hydrogen-bond donors (Lipinski definition) is 0. The largest absolute Gasteiger partial charge is 0.293 e. The predicted octanol–water partition coefficient (Wildman–Crippen LogP) is 3.78. The average Bonchev–Trinajstić information content (AvgIpc) is 2.42. The molecule has 0 aliphatic rings. The van der Waals surface area contributed by atoms with Crippen LogP contribution in [0.1, 0.15) is 21.5 Å². The molecular formula is C16H15ClO2S. The summed E-state index contributed by atoms with van der Waals surface area (Å²) in [4.78, 5) is 12.0. The molecule has 0 amide bonds. The Balaban J connectivity index is 1.95. The van der Waals surface area contributed by atoms with Crippen LogP contribution in [0.15, 0.2) is 48.5 Å². The summed E-state index contributed by atoms with van der Waals surface area (Å²) in [6.07, 6.45) is 0. The smallest absolute Gasteiger partial charge is 0.175 e. The first-order valence-electron chi connectivity index (χ1n) is 6.24. The van der Waals surface area contributed by atoms with Crippen molar-refractivity contribution in [2.75, 3.05) is 5.75 Å². The number of carbonyl (C=O) groups excluding carboxylic acids is 1. The van der Waals surface area contributed by atoms with E-state index in [0.29, 0.717) is 16.3 Å². The summed E-state index contributed by atoms with van der Waals surface area (Å²) in [5.41, 5.74) is 2.63. The highest BCUT2D eigenvalue weighted by Gasteiger charge is 2.11. The van der Waals surface area contributed by atoms with Crippen LogP contribution in [0.25, 0.3) is 0 Å². The molecule has 2 aromatic carbocycles. The fourth-order valence-electron chi connectivity index (χ4n) is 1.79. The molecule has 0 fully saturated rings. The highest BCUT2D eigenvalue weighted by atomic mass is 35.5. The molecular weight excluding hydrogens is 292 g/mol. The molecule has 0 saturated carbocycles. The molecule has 0 aliphatic heterocycles. The van der Waals surface area contributed by atoms with Gasteiger partial charge < -0.3 is 0 Å². The number of ketones is 1. The van der Waals surface area contributed by atoms with Gasteiger partial charge in [-0.25, -0.2) is 0 Å². The molecule has 104 valence electrons. The van der Waals surface area contributed by atoms with Crippen molar-refractivity contribution in [2.24, 2.45) is 0 Å². The fraction of sp³-hybridized carbons (Fsp3) is 0.188. The van der Waals surface area contributed by atoms with Crippen molar-refractivity contribution >= 4 is 28.2 Å². The monoisotopic (exact) mass is 306 g/mol. The van der Waals surface area contributed by atoms with Gasteiger partial charge in [0.1, 0.15) is 0 Å². The van der Waals surface area contributed by atoms with E-state index in [1.54, 1.807) is 24.3 Å². The van der Waals surface area contributed by atoms with Crippen LogP contribution in [0.5, 0.6) is 0 Å². The molecule has 20 heavy (non-hydrogen) atoms. The van der Waals surface area contributed by atoms with Crippen LogP contribution in [-0.2, 0) is 16.6 Å². The maximum atomic E-state index is 12.0. The van der Waals surface area contributed by atoms with Crippen LogP contribution in [-0.4, -0.2) is 15.7 Å². The van der Waals surface area contributed by atoms with Crippen LogP contribution in [0.4, 0.5) is 0 Å². The van der Waals surface area contributed by atoms with Gasteiger partial charge in [-0.2, -0.15) is 0 Å². The summed E-state index contributed by atoms with van der Waals surface area (Å²) >= 11 is 5.80. The van der Waals surface area contributed by atoms with Crippen molar-refractivity contribution in [3.63, 3.8) is 0 Å². The molecule has 0 saturated heterocycles. The Hall–Kier alpha value is -1.45. The van der Waals surface area contributed by atoms with Crippen molar-refractivity contribution in [3.8, 4) is 0 Å². The summed E-state index contributed by atoms with van der Waals surface area (Å²) in [5, 5.41) is 0.648. The lowest BCUT2D eigenvalue weighted by atomic mass is 10.1. The van der Waals surface area contributed by atoms with Crippen molar-refractivity contribution in [1.29, 1.82) is 0 Å². The number of rotatable bonds is 5. The van der Waals surface area contributed by atoms with E-state index in [1.165, 1.54) is 0 Å². The van der Waals surface area contributed by atoms with Crippen LogP contribution < -0.4 is 0 Å². The minimum Gasteiger partial charge on any atom is -0.293 e. The second kappa shape index (κ2) is 6.82. The normalized spacial score (nSPS) is 12.1. The number of hydrogen-bond acceptors (Lipinski definition) is 2. The molecule has 0 spiro atoms. The highest BCUT2D eigenvalue weighted by Crippen LogP contribution is 2.12. The minimum atomic E-state index is -1.21. The third-order valence-corrected chi connectivity index (χ3v) is 4.40. The first-order chi connectivity index (χ1) is 9.54. The van der Waals surface area contributed by atoms with Gasteiger partial charge in [0, 0.05) is 27.1 Å². The van der Waals surface area contributed by atoms with Gasteiger partial charge in [-0.15, -0.1) is 0 Å². The Morgan fingerprint density at radius 3 is 2.25 bits per heavy atom. The zero-order chi connectivity index (χ0) is 14.5. The first kappa shape index (κ1) is 14.9. The third-order valence-electron chi connectivity index (χ3n) is 2.91.